The third kappa shape index (κ3) is 6.50. The van der Waals surface area contributed by atoms with Crippen LogP contribution in [0, 0.1) is 0 Å². The van der Waals surface area contributed by atoms with E-state index in [-0.39, 0.29) is 12.5 Å². The van der Waals surface area contributed by atoms with Gasteiger partial charge in [0.2, 0.25) is 0 Å². The Morgan fingerprint density at radius 1 is 1.24 bits per heavy atom. The summed E-state index contributed by atoms with van der Waals surface area (Å²) < 4.78 is 10.6. The molecule has 25 heavy (non-hydrogen) atoms. The SMILES string of the molecule is CCCCOc1ccc(C(=O)NCC(=O)N/N=C\c2ccco2)cc1. The van der Waals surface area contributed by atoms with Gasteiger partial charge in [-0.3, -0.25) is 9.59 Å². The molecule has 2 amide bonds. The number of carbonyl (C=O) groups is 2. The second-order valence-corrected chi connectivity index (χ2v) is 5.22. The van der Waals surface area contributed by atoms with Crippen molar-refractivity contribution in [3.8, 4) is 5.75 Å². The molecule has 2 aromatic rings. The fourth-order valence-electron chi connectivity index (χ4n) is 1.87. The fourth-order valence-corrected chi connectivity index (χ4v) is 1.87. The third-order valence-corrected chi connectivity index (χ3v) is 3.22. The Hall–Kier alpha value is -3.09. The summed E-state index contributed by atoms with van der Waals surface area (Å²) in [5.74, 6) is 0.460. The number of furan rings is 1. The first kappa shape index (κ1) is 18.3. The largest absolute Gasteiger partial charge is 0.494 e. The first-order chi connectivity index (χ1) is 12.2. The Bertz CT molecular complexity index is 694. The van der Waals surface area contributed by atoms with E-state index in [4.69, 9.17) is 9.15 Å². The molecule has 0 aliphatic rings. The van der Waals surface area contributed by atoms with Gasteiger partial charge in [-0.2, -0.15) is 5.10 Å². The first-order valence-corrected chi connectivity index (χ1v) is 8.05. The van der Waals surface area contributed by atoms with E-state index in [2.05, 4.69) is 22.8 Å². The molecule has 0 aliphatic carbocycles. The smallest absolute Gasteiger partial charge is 0.259 e. The number of nitrogens with zero attached hydrogens (tertiary/aromatic N) is 1. The predicted octanol–water partition coefficient (Wildman–Crippen LogP) is 2.34. The first-order valence-electron chi connectivity index (χ1n) is 8.05. The zero-order valence-corrected chi connectivity index (χ0v) is 14.0. The second kappa shape index (κ2) is 9.92. The van der Waals surface area contributed by atoms with Gasteiger partial charge in [-0.1, -0.05) is 13.3 Å². The molecular weight excluding hydrogens is 322 g/mol. The lowest BCUT2D eigenvalue weighted by atomic mass is 10.2. The molecule has 1 aromatic carbocycles. The number of rotatable bonds is 9. The fraction of sp³-hybridized carbons (Fsp3) is 0.278. The van der Waals surface area contributed by atoms with Crippen LogP contribution in [0.25, 0.3) is 0 Å². The van der Waals surface area contributed by atoms with Gasteiger partial charge in [0.15, 0.2) is 0 Å². The van der Waals surface area contributed by atoms with Crippen molar-refractivity contribution >= 4 is 18.0 Å². The summed E-state index contributed by atoms with van der Waals surface area (Å²) in [6.45, 7) is 2.57. The van der Waals surface area contributed by atoms with Gasteiger partial charge >= 0.3 is 0 Å². The lowest BCUT2D eigenvalue weighted by Crippen LogP contribution is -2.34. The highest BCUT2D eigenvalue weighted by molar-refractivity contribution is 5.96. The van der Waals surface area contributed by atoms with Gasteiger partial charge in [-0.25, -0.2) is 5.43 Å². The Kier molecular flexibility index (Phi) is 7.24. The molecule has 0 bridgehead atoms. The van der Waals surface area contributed by atoms with E-state index in [1.165, 1.54) is 12.5 Å². The molecule has 132 valence electrons. The molecule has 7 nitrogen and oxygen atoms in total. The van der Waals surface area contributed by atoms with Crippen LogP contribution in [0.3, 0.4) is 0 Å². The van der Waals surface area contributed by atoms with Gasteiger partial charge < -0.3 is 14.5 Å². The van der Waals surface area contributed by atoms with Crippen LogP contribution < -0.4 is 15.5 Å². The van der Waals surface area contributed by atoms with E-state index in [0.29, 0.717) is 17.9 Å². The maximum Gasteiger partial charge on any atom is 0.259 e. The minimum Gasteiger partial charge on any atom is -0.494 e. The highest BCUT2D eigenvalue weighted by atomic mass is 16.5. The number of hydrogen-bond acceptors (Lipinski definition) is 5. The van der Waals surface area contributed by atoms with Gasteiger partial charge in [0.1, 0.15) is 11.5 Å². The second-order valence-electron chi connectivity index (χ2n) is 5.22. The molecule has 1 heterocycles. The number of benzene rings is 1. The van der Waals surface area contributed by atoms with E-state index in [9.17, 15) is 9.59 Å². The van der Waals surface area contributed by atoms with Crippen LogP contribution in [0.15, 0.2) is 52.2 Å². The summed E-state index contributed by atoms with van der Waals surface area (Å²) in [6.07, 6.45) is 4.92. The Morgan fingerprint density at radius 2 is 2.04 bits per heavy atom. The van der Waals surface area contributed by atoms with Gasteiger partial charge in [0.05, 0.1) is 25.6 Å². The van der Waals surface area contributed by atoms with Crippen LogP contribution in [-0.4, -0.2) is 31.2 Å². The highest BCUT2D eigenvalue weighted by Crippen LogP contribution is 2.12. The number of hydrazone groups is 1. The van der Waals surface area contributed by atoms with Crippen LogP contribution >= 0.6 is 0 Å². The monoisotopic (exact) mass is 343 g/mol. The molecule has 0 fully saturated rings. The standard InChI is InChI=1S/C18H21N3O4/c1-2-3-10-24-15-8-6-14(7-9-15)18(23)19-13-17(22)21-20-12-16-5-4-11-25-16/h4-9,11-12H,2-3,10,13H2,1H3,(H,19,23)(H,21,22)/b20-12-. The quantitative estimate of drug-likeness (QED) is 0.415. The topological polar surface area (TPSA) is 92.9 Å². The molecule has 0 saturated carbocycles. The zero-order chi connectivity index (χ0) is 17.9. The summed E-state index contributed by atoms with van der Waals surface area (Å²) in [6, 6.07) is 10.2. The molecule has 7 heteroatoms. The predicted molar refractivity (Wildman–Crippen MR) is 93.6 cm³/mol. The van der Waals surface area contributed by atoms with Crippen molar-refractivity contribution in [1.29, 1.82) is 0 Å². The number of hydrogen-bond donors (Lipinski definition) is 2. The molecule has 0 aliphatic heterocycles. The summed E-state index contributed by atoms with van der Waals surface area (Å²) in [4.78, 5) is 23.6. The molecular formula is C18H21N3O4. The molecule has 2 rings (SSSR count). The van der Waals surface area contributed by atoms with Crippen molar-refractivity contribution in [2.75, 3.05) is 13.2 Å². The van der Waals surface area contributed by atoms with Crippen molar-refractivity contribution in [3.05, 3.63) is 54.0 Å². The summed E-state index contributed by atoms with van der Waals surface area (Å²) in [5.41, 5.74) is 2.75. The maximum absolute atomic E-state index is 12.0. The summed E-state index contributed by atoms with van der Waals surface area (Å²) >= 11 is 0. The Balaban J connectivity index is 1.72. The van der Waals surface area contributed by atoms with Gasteiger partial charge in [0, 0.05) is 5.56 Å². The molecule has 0 radical (unpaired) electrons. The minimum absolute atomic E-state index is 0.178. The van der Waals surface area contributed by atoms with E-state index in [1.54, 1.807) is 36.4 Å². The number of ether oxygens (including phenoxy) is 1. The molecule has 0 atom stereocenters. The molecule has 1 aromatic heterocycles. The molecule has 0 spiro atoms. The molecule has 0 unspecified atom stereocenters. The van der Waals surface area contributed by atoms with Gasteiger partial charge in [-0.15, -0.1) is 0 Å². The van der Waals surface area contributed by atoms with Crippen molar-refractivity contribution in [3.63, 3.8) is 0 Å². The number of amides is 2. The summed E-state index contributed by atoms with van der Waals surface area (Å²) in [7, 11) is 0. The van der Waals surface area contributed by atoms with Crippen LogP contribution in [0.2, 0.25) is 0 Å². The normalized spacial score (nSPS) is 10.6. The van der Waals surface area contributed by atoms with Crippen LogP contribution in [-0.2, 0) is 4.79 Å². The van der Waals surface area contributed by atoms with Crippen molar-refractivity contribution in [2.24, 2.45) is 5.10 Å². The van der Waals surface area contributed by atoms with Crippen molar-refractivity contribution in [2.45, 2.75) is 19.8 Å². The third-order valence-electron chi connectivity index (χ3n) is 3.22. The van der Waals surface area contributed by atoms with Crippen LogP contribution in [0.5, 0.6) is 5.75 Å². The van der Waals surface area contributed by atoms with E-state index in [1.807, 2.05) is 0 Å². The maximum atomic E-state index is 12.0. The summed E-state index contributed by atoms with van der Waals surface area (Å²) in [5, 5.41) is 6.25. The van der Waals surface area contributed by atoms with Crippen molar-refractivity contribution in [1.82, 2.24) is 10.7 Å². The van der Waals surface area contributed by atoms with E-state index >= 15 is 0 Å². The van der Waals surface area contributed by atoms with Gasteiger partial charge in [-0.05, 0) is 42.8 Å². The van der Waals surface area contributed by atoms with E-state index < -0.39 is 5.91 Å². The zero-order valence-electron chi connectivity index (χ0n) is 14.0. The lowest BCUT2D eigenvalue weighted by molar-refractivity contribution is -0.120. The van der Waals surface area contributed by atoms with Gasteiger partial charge in [0.25, 0.3) is 11.8 Å². The van der Waals surface area contributed by atoms with E-state index in [0.717, 1.165) is 18.6 Å². The minimum atomic E-state index is -0.435. The number of unbranched alkanes of at least 4 members (excludes halogenated alkanes) is 1. The molecule has 0 saturated heterocycles. The van der Waals surface area contributed by atoms with Crippen LogP contribution in [0.1, 0.15) is 35.9 Å². The Labute approximate surface area is 146 Å². The lowest BCUT2D eigenvalue weighted by Gasteiger charge is -2.07. The molecule has 2 N–H and O–H groups in total. The average Bonchev–Trinajstić information content (AvgIpc) is 3.14. The number of nitrogens with one attached hydrogen (secondary N) is 2. The highest BCUT2D eigenvalue weighted by Gasteiger charge is 2.07. The van der Waals surface area contributed by atoms with Crippen LogP contribution in [0.4, 0.5) is 0 Å². The number of carbonyl (C=O) groups excluding carboxylic acids is 2. The Morgan fingerprint density at radius 3 is 2.72 bits per heavy atom. The average molecular weight is 343 g/mol. The van der Waals surface area contributed by atoms with Crippen molar-refractivity contribution < 1.29 is 18.7 Å².